The SMILES string of the molecule is CNC(=O)c1cc(CC2CCCN(Cc3cccc4[nH]ccc34)C2)ncn1. The summed E-state index contributed by atoms with van der Waals surface area (Å²) in [6.45, 7) is 3.16. The zero-order valence-electron chi connectivity index (χ0n) is 15.6. The third-order valence-electron chi connectivity index (χ3n) is 5.36. The molecule has 1 atom stereocenters. The molecular formula is C21H25N5O. The van der Waals surface area contributed by atoms with E-state index >= 15 is 0 Å². The molecule has 1 aromatic carbocycles. The molecule has 1 aliphatic heterocycles. The van der Waals surface area contributed by atoms with E-state index in [2.05, 4.69) is 49.4 Å². The first-order valence-electron chi connectivity index (χ1n) is 9.53. The van der Waals surface area contributed by atoms with Crippen molar-refractivity contribution in [2.45, 2.75) is 25.8 Å². The maximum atomic E-state index is 11.8. The van der Waals surface area contributed by atoms with E-state index < -0.39 is 0 Å². The third kappa shape index (κ3) is 4.01. The van der Waals surface area contributed by atoms with Crippen LogP contribution in [0.15, 0.2) is 42.9 Å². The number of aromatic amines is 1. The number of carbonyl (C=O) groups excluding carboxylic acids is 1. The highest BCUT2D eigenvalue weighted by molar-refractivity contribution is 5.91. The second-order valence-corrected chi connectivity index (χ2v) is 7.28. The van der Waals surface area contributed by atoms with Gasteiger partial charge in [0.1, 0.15) is 12.0 Å². The quantitative estimate of drug-likeness (QED) is 0.731. The molecule has 1 aliphatic rings. The van der Waals surface area contributed by atoms with Crippen LogP contribution in [0.5, 0.6) is 0 Å². The molecule has 2 N–H and O–H groups in total. The first kappa shape index (κ1) is 17.7. The van der Waals surface area contributed by atoms with Gasteiger partial charge in [0.15, 0.2) is 0 Å². The number of nitrogens with one attached hydrogen (secondary N) is 2. The van der Waals surface area contributed by atoms with E-state index in [0.717, 1.165) is 31.7 Å². The number of hydrogen-bond acceptors (Lipinski definition) is 4. The van der Waals surface area contributed by atoms with Crippen LogP contribution >= 0.6 is 0 Å². The number of amides is 1. The Morgan fingerprint density at radius 1 is 1.33 bits per heavy atom. The van der Waals surface area contributed by atoms with E-state index in [9.17, 15) is 4.79 Å². The molecule has 1 amide bonds. The number of benzene rings is 1. The predicted molar refractivity (Wildman–Crippen MR) is 105 cm³/mol. The molecular weight excluding hydrogens is 338 g/mol. The standard InChI is InChI=1S/C21H25N5O/c1-22-21(27)20-11-17(24-14-25-20)10-15-4-3-9-26(12-15)13-16-5-2-6-19-18(16)7-8-23-19/h2,5-8,11,14-15,23H,3-4,9-10,12-13H2,1H3,(H,22,27). The Kier molecular flexibility index (Phi) is 5.16. The van der Waals surface area contributed by atoms with Gasteiger partial charge in [0.05, 0.1) is 0 Å². The molecule has 0 aliphatic carbocycles. The van der Waals surface area contributed by atoms with Gasteiger partial charge < -0.3 is 10.3 Å². The van der Waals surface area contributed by atoms with Crippen LogP contribution in [0.1, 0.15) is 34.6 Å². The maximum absolute atomic E-state index is 11.8. The zero-order valence-corrected chi connectivity index (χ0v) is 15.6. The molecule has 0 spiro atoms. The molecule has 0 radical (unpaired) electrons. The van der Waals surface area contributed by atoms with Crippen LogP contribution in [0.25, 0.3) is 10.9 Å². The summed E-state index contributed by atoms with van der Waals surface area (Å²) in [7, 11) is 1.62. The Morgan fingerprint density at radius 2 is 2.26 bits per heavy atom. The second-order valence-electron chi connectivity index (χ2n) is 7.28. The van der Waals surface area contributed by atoms with Gasteiger partial charge in [-0.15, -0.1) is 0 Å². The molecule has 1 saturated heterocycles. The fourth-order valence-electron chi connectivity index (χ4n) is 4.05. The van der Waals surface area contributed by atoms with E-state index in [1.807, 2.05) is 12.3 Å². The number of aromatic nitrogens is 3. The number of carbonyl (C=O) groups is 1. The summed E-state index contributed by atoms with van der Waals surface area (Å²) in [6.07, 6.45) is 6.78. The lowest BCUT2D eigenvalue weighted by atomic mass is 9.92. The Morgan fingerprint density at radius 3 is 3.15 bits per heavy atom. The van der Waals surface area contributed by atoms with Gasteiger partial charge in [0, 0.05) is 42.9 Å². The summed E-state index contributed by atoms with van der Waals surface area (Å²) in [5.74, 6) is 0.389. The molecule has 3 heterocycles. The molecule has 140 valence electrons. The largest absolute Gasteiger partial charge is 0.361 e. The Labute approximate surface area is 159 Å². The van der Waals surface area contributed by atoms with Crippen molar-refractivity contribution in [3.8, 4) is 0 Å². The Hall–Kier alpha value is -2.73. The predicted octanol–water partition coefficient (Wildman–Crippen LogP) is 2.77. The number of H-pyrrole nitrogens is 1. The summed E-state index contributed by atoms with van der Waals surface area (Å²) < 4.78 is 0. The van der Waals surface area contributed by atoms with E-state index in [-0.39, 0.29) is 5.91 Å². The van der Waals surface area contributed by atoms with Gasteiger partial charge in [0.25, 0.3) is 5.91 Å². The fraction of sp³-hybridized carbons (Fsp3) is 0.381. The van der Waals surface area contributed by atoms with Crippen molar-refractivity contribution in [1.29, 1.82) is 0 Å². The van der Waals surface area contributed by atoms with Gasteiger partial charge in [-0.2, -0.15) is 0 Å². The molecule has 0 bridgehead atoms. The molecule has 27 heavy (non-hydrogen) atoms. The molecule has 1 unspecified atom stereocenters. The van der Waals surface area contributed by atoms with Crippen LogP contribution < -0.4 is 5.32 Å². The minimum Gasteiger partial charge on any atom is -0.361 e. The second kappa shape index (κ2) is 7.88. The summed E-state index contributed by atoms with van der Waals surface area (Å²) in [5, 5.41) is 3.93. The zero-order chi connectivity index (χ0) is 18.6. The summed E-state index contributed by atoms with van der Waals surface area (Å²) in [6, 6.07) is 10.4. The van der Waals surface area contributed by atoms with Crippen molar-refractivity contribution in [1.82, 2.24) is 25.2 Å². The number of likely N-dealkylation sites (tertiary alicyclic amines) is 1. The summed E-state index contributed by atoms with van der Waals surface area (Å²) in [5.41, 5.74) is 3.96. The fourth-order valence-corrected chi connectivity index (χ4v) is 4.05. The van der Waals surface area contributed by atoms with E-state index in [1.54, 1.807) is 7.05 Å². The van der Waals surface area contributed by atoms with E-state index in [0.29, 0.717) is 11.6 Å². The first-order chi connectivity index (χ1) is 13.2. The summed E-state index contributed by atoms with van der Waals surface area (Å²) in [4.78, 5) is 26.1. The van der Waals surface area contributed by atoms with Crippen molar-refractivity contribution in [2.24, 2.45) is 5.92 Å². The van der Waals surface area contributed by atoms with Gasteiger partial charge in [-0.1, -0.05) is 12.1 Å². The van der Waals surface area contributed by atoms with Crippen LogP contribution in [-0.4, -0.2) is 45.9 Å². The van der Waals surface area contributed by atoms with Gasteiger partial charge in [0.2, 0.25) is 0 Å². The van der Waals surface area contributed by atoms with Gasteiger partial charge in [-0.3, -0.25) is 9.69 Å². The normalized spacial score (nSPS) is 17.9. The minimum absolute atomic E-state index is 0.163. The minimum atomic E-state index is -0.163. The molecule has 3 aromatic rings. The first-order valence-corrected chi connectivity index (χ1v) is 9.53. The topological polar surface area (TPSA) is 73.9 Å². The van der Waals surface area contributed by atoms with Crippen LogP contribution in [-0.2, 0) is 13.0 Å². The van der Waals surface area contributed by atoms with Crippen molar-refractivity contribution in [3.05, 3.63) is 59.8 Å². The number of piperidine rings is 1. The number of fused-ring (bicyclic) bond motifs is 1. The third-order valence-corrected chi connectivity index (χ3v) is 5.36. The van der Waals surface area contributed by atoms with Crippen molar-refractivity contribution >= 4 is 16.8 Å². The molecule has 6 nitrogen and oxygen atoms in total. The lowest BCUT2D eigenvalue weighted by Crippen LogP contribution is -2.36. The van der Waals surface area contributed by atoms with Crippen LogP contribution in [0.4, 0.5) is 0 Å². The van der Waals surface area contributed by atoms with E-state index in [4.69, 9.17) is 0 Å². The molecule has 6 heteroatoms. The molecule has 0 saturated carbocycles. The van der Waals surface area contributed by atoms with Gasteiger partial charge in [-0.25, -0.2) is 9.97 Å². The smallest absolute Gasteiger partial charge is 0.269 e. The number of rotatable bonds is 5. The lowest BCUT2D eigenvalue weighted by molar-refractivity contribution is 0.0957. The van der Waals surface area contributed by atoms with Crippen LogP contribution in [0.3, 0.4) is 0 Å². The molecule has 2 aromatic heterocycles. The average Bonchev–Trinajstić information content (AvgIpc) is 3.18. The van der Waals surface area contributed by atoms with Crippen LogP contribution in [0, 0.1) is 5.92 Å². The maximum Gasteiger partial charge on any atom is 0.269 e. The molecule has 4 rings (SSSR count). The Balaban J connectivity index is 1.42. The average molecular weight is 363 g/mol. The highest BCUT2D eigenvalue weighted by atomic mass is 16.1. The summed E-state index contributed by atoms with van der Waals surface area (Å²) >= 11 is 0. The van der Waals surface area contributed by atoms with Crippen LogP contribution in [0.2, 0.25) is 0 Å². The lowest BCUT2D eigenvalue weighted by Gasteiger charge is -2.32. The van der Waals surface area contributed by atoms with Gasteiger partial charge in [-0.05, 0) is 55.5 Å². The number of hydrogen-bond donors (Lipinski definition) is 2. The van der Waals surface area contributed by atoms with E-state index in [1.165, 1.54) is 35.6 Å². The number of nitrogens with zero attached hydrogens (tertiary/aromatic N) is 3. The van der Waals surface area contributed by atoms with Crippen molar-refractivity contribution < 1.29 is 4.79 Å². The van der Waals surface area contributed by atoms with Crippen molar-refractivity contribution in [2.75, 3.05) is 20.1 Å². The molecule has 1 fully saturated rings. The highest BCUT2D eigenvalue weighted by Gasteiger charge is 2.21. The highest BCUT2D eigenvalue weighted by Crippen LogP contribution is 2.24. The van der Waals surface area contributed by atoms with Crippen molar-refractivity contribution in [3.63, 3.8) is 0 Å². The van der Waals surface area contributed by atoms with Gasteiger partial charge >= 0.3 is 0 Å². The Bertz CT molecular complexity index is 935. The monoisotopic (exact) mass is 363 g/mol.